The first-order valence-corrected chi connectivity index (χ1v) is 6.94. The largest absolute Gasteiger partial charge is 0.491 e. The summed E-state index contributed by atoms with van der Waals surface area (Å²) in [5, 5.41) is 0. The van der Waals surface area contributed by atoms with E-state index in [1.54, 1.807) is 42.5 Å². The zero-order valence-corrected chi connectivity index (χ0v) is 12.3. The number of ether oxygens (including phenoxy) is 2. The Kier molecular flexibility index (Phi) is 3.78. The fourth-order valence-corrected chi connectivity index (χ4v) is 2.01. The SMILES string of the molecule is CC(C)Oc1ccc(C(=O)Oc2ccc3ocnc3c2)cc1. The van der Waals surface area contributed by atoms with Crippen LogP contribution in [0.5, 0.6) is 11.5 Å². The van der Waals surface area contributed by atoms with E-state index in [0.29, 0.717) is 22.4 Å². The molecule has 0 aliphatic carbocycles. The zero-order valence-electron chi connectivity index (χ0n) is 12.3. The Balaban J connectivity index is 1.73. The molecular formula is C17H15NO4. The van der Waals surface area contributed by atoms with Gasteiger partial charge in [-0.1, -0.05) is 0 Å². The number of carbonyl (C=O) groups excluding carboxylic acids is 1. The van der Waals surface area contributed by atoms with Crippen molar-refractivity contribution in [3.8, 4) is 11.5 Å². The molecule has 22 heavy (non-hydrogen) atoms. The van der Waals surface area contributed by atoms with Gasteiger partial charge in [0.2, 0.25) is 0 Å². The highest BCUT2D eigenvalue weighted by atomic mass is 16.5. The van der Waals surface area contributed by atoms with E-state index >= 15 is 0 Å². The van der Waals surface area contributed by atoms with Crippen LogP contribution in [0.25, 0.3) is 11.1 Å². The van der Waals surface area contributed by atoms with Gasteiger partial charge < -0.3 is 13.9 Å². The van der Waals surface area contributed by atoms with Crippen LogP contribution in [0.4, 0.5) is 0 Å². The predicted molar refractivity (Wildman–Crippen MR) is 81.2 cm³/mol. The Labute approximate surface area is 127 Å². The van der Waals surface area contributed by atoms with Crippen LogP contribution in [-0.2, 0) is 0 Å². The summed E-state index contributed by atoms with van der Waals surface area (Å²) in [6.07, 6.45) is 1.44. The van der Waals surface area contributed by atoms with Gasteiger partial charge in [0.15, 0.2) is 12.0 Å². The Morgan fingerprint density at radius 2 is 1.82 bits per heavy atom. The Morgan fingerprint density at radius 3 is 2.55 bits per heavy atom. The summed E-state index contributed by atoms with van der Waals surface area (Å²) in [5.41, 5.74) is 1.75. The van der Waals surface area contributed by atoms with Crippen LogP contribution in [0.2, 0.25) is 0 Å². The van der Waals surface area contributed by atoms with E-state index in [4.69, 9.17) is 13.9 Å². The molecule has 0 spiro atoms. The number of rotatable bonds is 4. The van der Waals surface area contributed by atoms with Crippen LogP contribution in [0, 0.1) is 0 Å². The summed E-state index contributed by atoms with van der Waals surface area (Å²) in [5.74, 6) is 0.711. The number of benzene rings is 2. The smallest absolute Gasteiger partial charge is 0.343 e. The van der Waals surface area contributed by atoms with E-state index in [-0.39, 0.29) is 6.10 Å². The van der Waals surface area contributed by atoms with Crippen LogP contribution in [-0.4, -0.2) is 17.1 Å². The van der Waals surface area contributed by atoms with Gasteiger partial charge in [0.25, 0.3) is 0 Å². The van der Waals surface area contributed by atoms with Gasteiger partial charge in [-0.05, 0) is 50.2 Å². The van der Waals surface area contributed by atoms with Gasteiger partial charge >= 0.3 is 5.97 Å². The topological polar surface area (TPSA) is 61.6 Å². The molecule has 112 valence electrons. The summed E-state index contributed by atoms with van der Waals surface area (Å²) in [4.78, 5) is 16.1. The molecule has 3 rings (SSSR count). The number of nitrogens with zero attached hydrogens (tertiary/aromatic N) is 1. The average Bonchev–Trinajstić information content (AvgIpc) is 2.95. The number of carbonyl (C=O) groups is 1. The molecule has 0 atom stereocenters. The van der Waals surface area contributed by atoms with Crippen LogP contribution in [0.3, 0.4) is 0 Å². The highest BCUT2D eigenvalue weighted by Crippen LogP contribution is 2.21. The maximum atomic E-state index is 12.1. The fraction of sp³-hybridized carbons (Fsp3) is 0.176. The maximum Gasteiger partial charge on any atom is 0.343 e. The lowest BCUT2D eigenvalue weighted by atomic mass is 10.2. The van der Waals surface area contributed by atoms with E-state index < -0.39 is 5.97 Å². The summed E-state index contributed by atoms with van der Waals surface area (Å²) in [6, 6.07) is 11.9. The zero-order chi connectivity index (χ0) is 15.5. The van der Waals surface area contributed by atoms with E-state index in [9.17, 15) is 4.79 Å². The first kappa shape index (κ1) is 14.1. The summed E-state index contributed by atoms with van der Waals surface area (Å²) >= 11 is 0. The number of fused-ring (bicyclic) bond motifs is 1. The van der Waals surface area contributed by atoms with Crippen molar-refractivity contribution < 1.29 is 18.7 Å². The minimum absolute atomic E-state index is 0.0898. The van der Waals surface area contributed by atoms with E-state index in [2.05, 4.69) is 4.98 Å². The predicted octanol–water partition coefficient (Wildman–Crippen LogP) is 3.83. The van der Waals surface area contributed by atoms with Gasteiger partial charge in [-0.15, -0.1) is 0 Å². The van der Waals surface area contributed by atoms with Gasteiger partial charge in [0, 0.05) is 6.07 Å². The summed E-state index contributed by atoms with van der Waals surface area (Å²) < 4.78 is 16.0. The fourth-order valence-electron chi connectivity index (χ4n) is 2.01. The minimum atomic E-state index is -0.432. The van der Waals surface area contributed by atoms with Crippen molar-refractivity contribution >= 4 is 17.1 Å². The maximum absolute atomic E-state index is 12.1. The van der Waals surface area contributed by atoms with E-state index in [0.717, 1.165) is 5.75 Å². The normalized spacial score (nSPS) is 10.9. The van der Waals surface area contributed by atoms with Gasteiger partial charge in [-0.25, -0.2) is 9.78 Å². The van der Waals surface area contributed by atoms with E-state index in [1.807, 2.05) is 13.8 Å². The third-order valence-corrected chi connectivity index (χ3v) is 2.97. The highest BCUT2D eigenvalue weighted by Gasteiger charge is 2.10. The van der Waals surface area contributed by atoms with Gasteiger partial charge in [-0.2, -0.15) is 0 Å². The van der Waals surface area contributed by atoms with Crippen LogP contribution < -0.4 is 9.47 Å². The number of hydrogen-bond donors (Lipinski definition) is 0. The van der Waals surface area contributed by atoms with Crippen LogP contribution in [0.15, 0.2) is 53.3 Å². The monoisotopic (exact) mass is 297 g/mol. The molecule has 2 aromatic carbocycles. The molecule has 1 aromatic heterocycles. The molecule has 0 aliphatic rings. The molecule has 0 saturated carbocycles. The second-order valence-electron chi connectivity index (χ2n) is 5.06. The van der Waals surface area contributed by atoms with Gasteiger partial charge in [-0.3, -0.25) is 0 Å². The molecule has 0 unspecified atom stereocenters. The molecule has 5 heteroatoms. The van der Waals surface area contributed by atoms with E-state index in [1.165, 1.54) is 6.39 Å². The Hall–Kier alpha value is -2.82. The molecule has 5 nitrogen and oxygen atoms in total. The van der Waals surface area contributed by atoms with Crippen molar-refractivity contribution in [2.75, 3.05) is 0 Å². The molecule has 0 saturated heterocycles. The molecular weight excluding hydrogens is 282 g/mol. The summed E-state index contributed by atoms with van der Waals surface area (Å²) in [6.45, 7) is 3.89. The van der Waals surface area contributed by atoms with Gasteiger partial charge in [0.05, 0.1) is 11.7 Å². The van der Waals surface area contributed by atoms with Crippen molar-refractivity contribution in [3.63, 3.8) is 0 Å². The Bertz CT molecular complexity index is 790. The van der Waals surface area contributed by atoms with Crippen LogP contribution in [0.1, 0.15) is 24.2 Å². The first-order valence-electron chi connectivity index (χ1n) is 6.94. The molecule has 0 aliphatic heterocycles. The standard InChI is InChI=1S/C17H15NO4/c1-11(2)21-13-5-3-12(4-6-13)17(19)22-14-7-8-16-15(9-14)18-10-20-16/h3-11H,1-2H3. The third-order valence-electron chi connectivity index (χ3n) is 2.97. The minimum Gasteiger partial charge on any atom is -0.491 e. The lowest BCUT2D eigenvalue weighted by Gasteiger charge is -2.10. The number of esters is 1. The van der Waals surface area contributed by atoms with Crippen molar-refractivity contribution in [1.82, 2.24) is 4.98 Å². The van der Waals surface area contributed by atoms with Crippen molar-refractivity contribution in [2.24, 2.45) is 0 Å². The van der Waals surface area contributed by atoms with Crippen LogP contribution >= 0.6 is 0 Å². The Morgan fingerprint density at radius 1 is 1.09 bits per heavy atom. The second-order valence-corrected chi connectivity index (χ2v) is 5.06. The molecule has 0 radical (unpaired) electrons. The molecule has 1 heterocycles. The number of hydrogen-bond acceptors (Lipinski definition) is 5. The summed E-state index contributed by atoms with van der Waals surface area (Å²) in [7, 11) is 0. The molecule has 0 amide bonds. The highest BCUT2D eigenvalue weighted by molar-refractivity contribution is 5.91. The van der Waals surface area contributed by atoms with Crippen molar-refractivity contribution in [3.05, 3.63) is 54.4 Å². The molecule has 0 fully saturated rings. The first-order chi connectivity index (χ1) is 10.6. The number of aromatic nitrogens is 1. The van der Waals surface area contributed by atoms with Crippen molar-refractivity contribution in [1.29, 1.82) is 0 Å². The number of oxazole rings is 1. The lowest BCUT2D eigenvalue weighted by Crippen LogP contribution is -2.09. The third kappa shape index (κ3) is 3.09. The van der Waals surface area contributed by atoms with Gasteiger partial charge in [0.1, 0.15) is 17.0 Å². The van der Waals surface area contributed by atoms with Crippen molar-refractivity contribution in [2.45, 2.75) is 20.0 Å². The molecule has 3 aromatic rings. The second kappa shape index (κ2) is 5.89. The quantitative estimate of drug-likeness (QED) is 0.541. The average molecular weight is 297 g/mol. The molecule has 0 N–H and O–H groups in total. The molecule has 0 bridgehead atoms. The lowest BCUT2D eigenvalue weighted by molar-refractivity contribution is 0.0735.